The minimum atomic E-state index is -1.03. The molecule has 6 rings (SSSR count). The molecule has 5 heteroatoms. The van der Waals surface area contributed by atoms with Crippen LogP contribution in [0.3, 0.4) is 0 Å². The molecule has 0 spiro atoms. The number of hydrogen-bond acceptors (Lipinski definition) is 5. The molecule has 5 aromatic carbocycles. The summed E-state index contributed by atoms with van der Waals surface area (Å²) in [5.74, 6) is 0.403. The van der Waals surface area contributed by atoms with E-state index in [1.807, 2.05) is 72.8 Å². The van der Waals surface area contributed by atoms with Crippen LogP contribution in [0.1, 0.15) is 27.8 Å². The predicted octanol–water partition coefficient (Wildman–Crippen LogP) is 5.84. The summed E-state index contributed by atoms with van der Waals surface area (Å²) < 4.78 is 0. The van der Waals surface area contributed by atoms with Gasteiger partial charge in [0.1, 0.15) is 23.0 Å². The van der Waals surface area contributed by atoms with Crippen molar-refractivity contribution in [2.45, 2.75) is 11.3 Å². The lowest BCUT2D eigenvalue weighted by Crippen LogP contribution is -2.67. The Bertz CT molecular complexity index is 1490. The van der Waals surface area contributed by atoms with E-state index in [0.717, 1.165) is 22.3 Å². The topological polar surface area (TPSA) is 76.9 Å². The van der Waals surface area contributed by atoms with E-state index in [1.54, 1.807) is 12.1 Å². The Morgan fingerprint density at radius 3 is 1.42 bits per heavy atom. The van der Waals surface area contributed by atoms with Gasteiger partial charge in [0.2, 0.25) is 0 Å². The number of phenols is 2. The van der Waals surface area contributed by atoms with Crippen molar-refractivity contribution in [3.63, 3.8) is 0 Å². The van der Waals surface area contributed by atoms with Gasteiger partial charge in [-0.2, -0.15) is 0 Å². The number of benzene rings is 5. The number of aliphatic imine (C=N–C) groups is 1. The van der Waals surface area contributed by atoms with Gasteiger partial charge in [-0.1, -0.05) is 121 Å². The summed E-state index contributed by atoms with van der Waals surface area (Å²) in [6, 6.07) is 45.1. The zero-order chi connectivity index (χ0) is 26.0. The van der Waals surface area contributed by atoms with Crippen LogP contribution in [0.15, 0.2) is 145 Å². The Morgan fingerprint density at radius 2 is 0.974 bits per heavy atom. The molecule has 0 saturated heterocycles. The highest BCUT2D eigenvalue weighted by atomic mass is 16.3. The minimum Gasteiger partial charge on any atom is -0.508 e. The number of rotatable bonds is 5. The van der Waals surface area contributed by atoms with Crippen molar-refractivity contribution in [3.05, 3.63) is 167 Å². The zero-order valence-corrected chi connectivity index (χ0v) is 20.6. The van der Waals surface area contributed by atoms with Crippen molar-refractivity contribution in [3.8, 4) is 11.5 Å². The van der Waals surface area contributed by atoms with Crippen LogP contribution in [0.5, 0.6) is 11.5 Å². The van der Waals surface area contributed by atoms with Crippen LogP contribution in [0.2, 0.25) is 0 Å². The van der Waals surface area contributed by atoms with Gasteiger partial charge in [0.15, 0.2) is 5.66 Å². The van der Waals surface area contributed by atoms with Crippen LogP contribution in [-0.2, 0) is 11.3 Å². The van der Waals surface area contributed by atoms with Gasteiger partial charge in [-0.25, -0.2) is 4.99 Å². The Kier molecular flexibility index (Phi) is 5.91. The largest absolute Gasteiger partial charge is 0.508 e. The highest BCUT2D eigenvalue weighted by Crippen LogP contribution is 2.42. The molecule has 0 atom stereocenters. The Balaban J connectivity index is 1.72. The normalized spacial score (nSPS) is 15.7. The highest BCUT2D eigenvalue weighted by molar-refractivity contribution is 6.03. The summed E-state index contributed by atoms with van der Waals surface area (Å²) in [4.78, 5) is 5.31. The third-order valence-electron chi connectivity index (χ3n) is 6.99. The smallest absolute Gasteiger partial charge is 0.166 e. The van der Waals surface area contributed by atoms with Gasteiger partial charge in [0.05, 0.1) is 5.56 Å². The maximum Gasteiger partial charge on any atom is 0.166 e. The van der Waals surface area contributed by atoms with Gasteiger partial charge >= 0.3 is 0 Å². The minimum absolute atomic E-state index is 0.0180. The number of aromatic hydroxyl groups is 2. The van der Waals surface area contributed by atoms with Gasteiger partial charge in [0, 0.05) is 6.07 Å². The van der Waals surface area contributed by atoms with Gasteiger partial charge < -0.3 is 15.5 Å². The first-order valence-corrected chi connectivity index (χ1v) is 12.5. The molecule has 38 heavy (non-hydrogen) atoms. The fourth-order valence-corrected chi connectivity index (χ4v) is 5.18. The van der Waals surface area contributed by atoms with Gasteiger partial charge in [0.25, 0.3) is 0 Å². The molecule has 1 heterocycles. The van der Waals surface area contributed by atoms with Crippen LogP contribution in [-0.4, -0.2) is 16.0 Å². The molecule has 0 fully saturated rings. The molecular weight excluding hydrogens is 470 g/mol. The fraction of sp³-hybridized carbons (Fsp3) is 0.0606. The van der Waals surface area contributed by atoms with E-state index >= 15 is 0 Å². The quantitative estimate of drug-likeness (QED) is 0.246. The summed E-state index contributed by atoms with van der Waals surface area (Å²) in [7, 11) is 0. The molecule has 5 nitrogen and oxygen atoms in total. The van der Waals surface area contributed by atoms with Crippen LogP contribution < -0.4 is 10.6 Å². The predicted molar refractivity (Wildman–Crippen MR) is 150 cm³/mol. The average Bonchev–Trinajstić information content (AvgIpc) is 2.98. The number of amidine groups is 1. The molecule has 186 valence electrons. The zero-order valence-electron chi connectivity index (χ0n) is 20.6. The molecular formula is C33H27N3O2. The second-order valence-electron chi connectivity index (χ2n) is 9.34. The molecule has 5 aromatic rings. The molecule has 0 unspecified atom stereocenters. The van der Waals surface area contributed by atoms with Crippen molar-refractivity contribution < 1.29 is 10.2 Å². The van der Waals surface area contributed by atoms with E-state index in [2.05, 4.69) is 59.2 Å². The van der Waals surface area contributed by atoms with E-state index in [1.165, 1.54) is 6.07 Å². The number of hydrogen-bond donors (Lipinski definition) is 4. The molecule has 0 amide bonds. The number of nitrogens with one attached hydrogen (secondary N) is 2. The lowest BCUT2D eigenvalue weighted by Gasteiger charge is -2.49. The van der Waals surface area contributed by atoms with Gasteiger partial charge in [-0.3, -0.25) is 5.32 Å². The summed E-state index contributed by atoms with van der Waals surface area (Å²) in [6.07, 6.45) is 0. The maximum atomic E-state index is 11.0. The third kappa shape index (κ3) is 3.99. The lowest BCUT2D eigenvalue weighted by molar-refractivity contribution is 0.242. The van der Waals surface area contributed by atoms with E-state index < -0.39 is 11.3 Å². The highest BCUT2D eigenvalue weighted by Gasteiger charge is 2.49. The SMILES string of the molecule is Oc1ccc(C2=NC(c3ccccc3)(c3ccccc3)NC(c3ccccc3)(c3ccccc3)N2)c(O)c1. The molecule has 0 saturated carbocycles. The molecule has 0 aromatic heterocycles. The third-order valence-corrected chi connectivity index (χ3v) is 6.99. The average molecular weight is 498 g/mol. The van der Waals surface area contributed by atoms with Gasteiger partial charge in [-0.05, 0) is 34.4 Å². The number of phenolic OH excluding ortho intramolecular Hbond substituents is 2. The fourth-order valence-electron chi connectivity index (χ4n) is 5.18. The van der Waals surface area contributed by atoms with Crippen molar-refractivity contribution in [2.24, 2.45) is 4.99 Å². The van der Waals surface area contributed by atoms with Crippen molar-refractivity contribution in [1.29, 1.82) is 0 Å². The summed E-state index contributed by atoms with van der Waals surface area (Å²) in [5, 5.41) is 28.6. The van der Waals surface area contributed by atoms with Crippen LogP contribution in [0.25, 0.3) is 0 Å². The van der Waals surface area contributed by atoms with Crippen LogP contribution in [0, 0.1) is 0 Å². The molecule has 0 bridgehead atoms. The lowest BCUT2D eigenvalue weighted by atomic mass is 9.82. The van der Waals surface area contributed by atoms with E-state index in [4.69, 9.17) is 4.99 Å². The van der Waals surface area contributed by atoms with Gasteiger partial charge in [-0.15, -0.1) is 0 Å². The van der Waals surface area contributed by atoms with E-state index in [0.29, 0.717) is 11.4 Å². The molecule has 4 N–H and O–H groups in total. The summed E-state index contributed by atoms with van der Waals surface area (Å²) in [5.41, 5.74) is 2.37. The van der Waals surface area contributed by atoms with Crippen molar-refractivity contribution in [2.75, 3.05) is 0 Å². The first-order valence-electron chi connectivity index (χ1n) is 12.5. The monoisotopic (exact) mass is 497 g/mol. The van der Waals surface area contributed by atoms with Crippen molar-refractivity contribution >= 4 is 5.84 Å². The number of nitrogens with zero attached hydrogens (tertiary/aromatic N) is 1. The second kappa shape index (κ2) is 9.54. The Morgan fingerprint density at radius 1 is 0.526 bits per heavy atom. The molecule has 1 aliphatic heterocycles. The van der Waals surface area contributed by atoms with Crippen LogP contribution in [0.4, 0.5) is 0 Å². The molecule has 1 aliphatic rings. The van der Waals surface area contributed by atoms with E-state index in [9.17, 15) is 10.2 Å². The Labute approximate surface area is 221 Å². The van der Waals surface area contributed by atoms with Crippen LogP contribution >= 0.6 is 0 Å². The molecule has 0 aliphatic carbocycles. The summed E-state index contributed by atoms with van der Waals surface area (Å²) >= 11 is 0. The second-order valence-corrected chi connectivity index (χ2v) is 9.34. The van der Waals surface area contributed by atoms with Crippen molar-refractivity contribution in [1.82, 2.24) is 10.6 Å². The standard InChI is InChI=1S/C33H27N3O2/c37-28-21-22-29(30(38)23-28)31-34-32(24-13-5-1-6-14-24,25-15-7-2-8-16-25)36-33(35-31,26-17-9-3-10-18-26)27-19-11-4-12-20-27/h1-23,36-38H,(H,34,35). The van der Waals surface area contributed by atoms with E-state index in [-0.39, 0.29) is 11.5 Å². The maximum absolute atomic E-state index is 11.0. The molecule has 0 radical (unpaired) electrons. The first-order chi connectivity index (χ1) is 18.6. The summed E-state index contributed by atoms with van der Waals surface area (Å²) in [6.45, 7) is 0. The Hall–Kier alpha value is -4.87. The first kappa shape index (κ1) is 23.5.